The smallest absolute Gasteiger partial charge is 0.177 e. The molecular formula is C20H18N4O3S. The Morgan fingerprint density at radius 3 is 2.64 bits per heavy atom. The molecular weight excluding hydrogens is 376 g/mol. The van der Waals surface area contributed by atoms with Crippen LogP contribution in [-0.4, -0.2) is 26.3 Å². The van der Waals surface area contributed by atoms with Gasteiger partial charge in [-0.25, -0.2) is 8.42 Å². The van der Waals surface area contributed by atoms with Crippen molar-refractivity contribution < 1.29 is 13.2 Å². The number of nitriles is 1. The van der Waals surface area contributed by atoms with E-state index in [1.165, 1.54) is 0 Å². The molecule has 0 saturated heterocycles. The van der Waals surface area contributed by atoms with E-state index in [0.29, 0.717) is 29.1 Å². The molecule has 0 saturated carbocycles. The van der Waals surface area contributed by atoms with Gasteiger partial charge < -0.3 is 10.5 Å². The van der Waals surface area contributed by atoms with Crippen molar-refractivity contribution in [1.29, 1.82) is 5.26 Å². The lowest BCUT2D eigenvalue weighted by Crippen LogP contribution is -2.34. The SMILES string of the molecule is COc1ccc(N2C(N)=C(C#N)C(c3cccnc3)C3=C2CCS3(=O)=O)cc1. The number of methoxy groups -OCH3 is 1. The van der Waals surface area contributed by atoms with Crippen LogP contribution in [-0.2, 0) is 9.84 Å². The first-order valence-corrected chi connectivity index (χ1v) is 10.3. The largest absolute Gasteiger partial charge is 0.497 e. The summed E-state index contributed by atoms with van der Waals surface area (Å²) in [4.78, 5) is 6.00. The Balaban J connectivity index is 1.96. The highest BCUT2D eigenvalue weighted by Gasteiger charge is 2.45. The Labute approximate surface area is 163 Å². The molecule has 0 aliphatic carbocycles. The number of pyridine rings is 1. The van der Waals surface area contributed by atoms with E-state index in [-0.39, 0.29) is 22.1 Å². The second-order valence-corrected chi connectivity index (χ2v) is 8.62. The zero-order chi connectivity index (χ0) is 19.9. The van der Waals surface area contributed by atoms with E-state index in [9.17, 15) is 13.7 Å². The molecule has 7 nitrogen and oxygen atoms in total. The van der Waals surface area contributed by atoms with E-state index < -0.39 is 15.8 Å². The van der Waals surface area contributed by atoms with E-state index in [1.54, 1.807) is 60.8 Å². The van der Waals surface area contributed by atoms with E-state index in [1.807, 2.05) is 0 Å². The third-order valence-corrected chi connectivity index (χ3v) is 6.92. The molecule has 0 bridgehead atoms. The molecule has 2 aliphatic heterocycles. The molecule has 1 aromatic heterocycles. The maximum atomic E-state index is 12.9. The van der Waals surface area contributed by atoms with Gasteiger partial charge in [0.15, 0.2) is 9.84 Å². The van der Waals surface area contributed by atoms with Crippen LogP contribution in [0.5, 0.6) is 5.75 Å². The van der Waals surface area contributed by atoms with Gasteiger partial charge in [0.05, 0.1) is 35.3 Å². The highest BCUT2D eigenvalue weighted by atomic mass is 32.2. The fourth-order valence-electron chi connectivity index (χ4n) is 3.77. The molecule has 8 heteroatoms. The number of ether oxygens (including phenoxy) is 1. The second-order valence-electron chi connectivity index (χ2n) is 6.54. The minimum absolute atomic E-state index is 0.00687. The van der Waals surface area contributed by atoms with Crippen LogP contribution in [0.4, 0.5) is 5.69 Å². The fraction of sp³-hybridized carbons (Fsp3) is 0.200. The molecule has 1 atom stereocenters. The van der Waals surface area contributed by atoms with Crippen molar-refractivity contribution in [2.75, 3.05) is 17.8 Å². The number of hydrogen-bond donors (Lipinski definition) is 1. The maximum absolute atomic E-state index is 12.9. The van der Waals surface area contributed by atoms with Gasteiger partial charge >= 0.3 is 0 Å². The van der Waals surface area contributed by atoms with Crippen molar-refractivity contribution in [3.05, 3.63) is 76.4 Å². The van der Waals surface area contributed by atoms with Crippen LogP contribution in [0.2, 0.25) is 0 Å². The standard InChI is InChI=1S/C20H18N4O3S/c1-27-15-6-4-14(5-7-15)24-17-8-10-28(25,26)19(17)18(16(11-21)20(24)22)13-3-2-9-23-12-13/h2-7,9,12,18H,8,10,22H2,1H3. The van der Waals surface area contributed by atoms with Crippen LogP contribution in [0.1, 0.15) is 17.9 Å². The first kappa shape index (κ1) is 18.1. The summed E-state index contributed by atoms with van der Waals surface area (Å²) >= 11 is 0. The topological polar surface area (TPSA) is 109 Å². The molecule has 142 valence electrons. The summed E-state index contributed by atoms with van der Waals surface area (Å²) in [5.74, 6) is 0.158. The van der Waals surface area contributed by atoms with Crippen molar-refractivity contribution in [1.82, 2.24) is 4.98 Å². The summed E-state index contributed by atoms with van der Waals surface area (Å²) in [7, 11) is -1.95. The van der Waals surface area contributed by atoms with Crippen molar-refractivity contribution >= 4 is 15.5 Å². The van der Waals surface area contributed by atoms with Gasteiger partial charge in [-0.05, 0) is 35.9 Å². The van der Waals surface area contributed by atoms with Crippen molar-refractivity contribution in [2.24, 2.45) is 5.73 Å². The molecule has 1 unspecified atom stereocenters. The van der Waals surface area contributed by atoms with Crippen LogP contribution in [0.15, 0.2) is 70.8 Å². The third kappa shape index (κ3) is 2.72. The van der Waals surface area contributed by atoms with Gasteiger partial charge in [0.2, 0.25) is 0 Å². The summed E-state index contributed by atoms with van der Waals surface area (Å²) < 4.78 is 31.0. The monoisotopic (exact) mass is 394 g/mol. The molecule has 2 N–H and O–H groups in total. The molecule has 28 heavy (non-hydrogen) atoms. The van der Waals surface area contributed by atoms with Crippen molar-refractivity contribution in [3.8, 4) is 11.8 Å². The number of sulfone groups is 1. The Kier molecular flexibility index (Phi) is 4.32. The zero-order valence-corrected chi connectivity index (χ0v) is 16.0. The zero-order valence-electron chi connectivity index (χ0n) is 15.2. The Hall–Kier alpha value is -3.31. The summed E-state index contributed by atoms with van der Waals surface area (Å²) in [6.07, 6.45) is 3.52. The van der Waals surface area contributed by atoms with E-state index in [2.05, 4.69) is 11.1 Å². The molecule has 3 heterocycles. The number of nitrogens with zero attached hydrogens (tertiary/aromatic N) is 3. The van der Waals surface area contributed by atoms with Crippen molar-refractivity contribution in [2.45, 2.75) is 12.3 Å². The normalized spacial score (nSPS) is 20.7. The molecule has 4 rings (SSSR count). The fourth-order valence-corrected chi connectivity index (χ4v) is 5.62. The first-order valence-electron chi connectivity index (χ1n) is 8.67. The highest BCUT2D eigenvalue weighted by molar-refractivity contribution is 7.95. The van der Waals surface area contributed by atoms with Crippen LogP contribution in [0.25, 0.3) is 0 Å². The van der Waals surface area contributed by atoms with E-state index in [4.69, 9.17) is 10.5 Å². The van der Waals surface area contributed by atoms with Crippen LogP contribution in [0.3, 0.4) is 0 Å². The van der Waals surface area contributed by atoms with Gasteiger partial charge in [0.1, 0.15) is 11.6 Å². The number of allylic oxidation sites excluding steroid dienone is 3. The van der Waals surface area contributed by atoms with Crippen molar-refractivity contribution in [3.63, 3.8) is 0 Å². The lowest BCUT2D eigenvalue weighted by molar-refractivity contribution is 0.415. The lowest BCUT2D eigenvalue weighted by Gasteiger charge is -2.35. The Morgan fingerprint density at radius 1 is 1.29 bits per heavy atom. The predicted octanol–water partition coefficient (Wildman–Crippen LogP) is 2.42. The Morgan fingerprint density at radius 2 is 2.04 bits per heavy atom. The second kappa shape index (κ2) is 6.69. The number of rotatable bonds is 3. The summed E-state index contributed by atoms with van der Waals surface area (Å²) in [6.45, 7) is 0. The first-order chi connectivity index (χ1) is 13.5. The van der Waals surface area contributed by atoms with Crippen LogP contribution >= 0.6 is 0 Å². The van der Waals surface area contributed by atoms with E-state index >= 15 is 0 Å². The highest BCUT2D eigenvalue weighted by Crippen LogP contribution is 2.48. The molecule has 1 aromatic carbocycles. The summed E-state index contributed by atoms with van der Waals surface area (Å²) in [5, 5.41) is 9.86. The minimum atomic E-state index is -3.52. The molecule has 2 aromatic rings. The maximum Gasteiger partial charge on any atom is 0.177 e. The molecule has 0 radical (unpaired) electrons. The molecule has 0 fully saturated rings. The summed E-state index contributed by atoms with van der Waals surface area (Å²) in [6, 6.07) is 12.7. The molecule has 0 spiro atoms. The Bertz CT molecular complexity index is 1130. The minimum Gasteiger partial charge on any atom is -0.497 e. The molecule has 0 amide bonds. The van der Waals surface area contributed by atoms with Gasteiger partial charge in [-0.15, -0.1) is 0 Å². The summed E-state index contributed by atoms with van der Waals surface area (Å²) in [5.41, 5.74) is 8.53. The number of anilines is 1. The number of hydrogen-bond acceptors (Lipinski definition) is 7. The third-order valence-electron chi connectivity index (χ3n) is 5.03. The number of benzene rings is 1. The average molecular weight is 394 g/mol. The number of nitrogens with two attached hydrogens (primary N) is 1. The van der Waals surface area contributed by atoms with Gasteiger partial charge in [-0.3, -0.25) is 9.88 Å². The lowest BCUT2D eigenvalue weighted by atomic mass is 9.88. The average Bonchev–Trinajstić information content (AvgIpc) is 3.02. The quantitative estimate of drug-likeness (QED) is 0.851. The van der Waals surface area contributed by atoms with Gasteiger partial charge in [0.25, 0.3) is 0 Å². The van der Waals surface area contributed by atoms with Gasteiger partial charge in [-0.1, -0.05) is 6.07 Å². The predicted molar refractivity (Wildman–Crippen MR) is 105 cm³/mol. The molecule has 2 aliphatic rings. The number of aromatic nitrogens is 1. The van der Waals surface area contributed by atoms with E-state index in [0.717, 1.165) is 0 Å². The van der Waals surface area contributed by atoms with Crippen LogP contribution < -0.4 is 15.4 Å². The van der Waals surface area contributed by atoms with Gasteiger partial charge in [-0.2, -0.15) is 5.26 Å². The van der Waals surface area contributed by atoms with Crippen LogP contribution in [0, 0.1) is 11.3 Å². The van der Waals surface area contributed by atoms with Gasteiger partial charge in [0, 0.05) is 30.2 Å².